The molecule has 22 heavy (non-hydrogen) atoms. The van der Waals surface area contributed by atoms with Crippen molar-refractivity contribution in [1.29, 1.82) is 0 Å². The first-order chi connectivity index (χ1) is 10.5. The fourth-order valence-electron chi connectivity index (χ4n) is 1.83. The molecular weight excluding hydrogens is 286 g/mol. The molecule has 0 bridgehead atoms. The highest BCUT2D eigenvalue weighted by Crippen LogP contribution is 2.24. The quantitative estimate of drug-likeness (QED) is 0.477. The number of nitro groups is 1. The lowest BCUT2D eigenvalue weighted by molar-refractivity contribution is -0.422. The Labute approximate surface area is 127 Å². The predicted molar refractivity (Wildman–Crippen MR) is 80.7 cm³/mol. The van der Waals surface area contributed by atoms with E-state index >= 15 is 0 Å². The van der Waals surface area contributed by atoms with Crippen LogP contribution in [0.25, 0.3) is 17.4 Å². The van der Waals surface area contributed by atoms with E-state index in [1.54, 1.807) is 43.3 Å². The molecule has 0 aliphatic carbocycles. The zero-order valence-corrected chi connectivity index (χ0v) is 12.2. The predicted octanol–water partition coefficient (Wildman–Crippen LogP) is 3.76. The van der Waals surface area contributed by atoms with Crippen LogP contribution in [0.3, 0.4) is 0 Å². The van der Waals surface area contributed by atoms with E-state index in [-0.39, 0.29) is 11.7 Å². The highest BCUT2D eigenvalue weighted by Gasteiger charge is 2.09. The van der Waals surface area contributed by atoms with Crippen LogP contribution in [0.4, 0.5) is 0 Å². The SMILES string of the molecule is CCOC(=O)c1ccc(-c2ccc(/C=C(\C)[N+](=O)[O-])o2)cc1. The molecule has 0 spiro atoms. The maximum atomic E-state index is 11.6. The normalized spacial score (nSPS) is 11.3. The maximum Gasteiger partial charge on any atom is 0.338 e. The van der Waals surface area contributed by atoms with Gasteiger partial charge in [-0.3, -0.25) is 10.1 Å². The Kier molecular flexibility index (Phi) is 4.73. The number of hydrogen-bond acceptors (Lipinski definition) is 5. The summed E-state index contributed by atoms with van der Waals surface area (Å²) in [5.74, 6) is 0.593. The number of furan rings is 1. The summed E-state index contributed by atoms with van der Waals surface area (Å²) in [7, 11) is 0. The molecule has 2 rings (SSSR count). The van der Waals surface area contributed by atoms with Crippen molar-refractivity contribution in [3.8, 4) is 11.3 Å². The van der Waals surface area contributed by atoms with Crippen molar-refractivity contribution in [2.75, 3.05) is 6.61 Å². The highest BCUT2D eigenvalue weighted by atomic mass is 16.6. The van der Waals surface area contributed by atoms with Crippen LogP contribution in [0.15, 0.2) is 46.5 Å². The number of rotatable bonds is 5. The minimum Gasteiger partial charge on any atom is -0.462 e. The Morgan fingerprint density at radius 1 is 1.27 bits per heavy atom. The van der Waals surface area contributed by atoms with Crippen LogP contribution in [0.1, 0.15) is 30.0 Å². The number of ether oxygens (including phenoxy) is 1. The summed E-state index contributed by atoms with van der Waals surface area (Å²) in [6, 6.07) is 10.1. The Bertz CT molecular complexity index is 712. The summed E-state index contributed by atoms with van der Waals surface area (Å²) in [6.07, 6.45) is 1.36. The molecule has 0 unspecified atom stereocenters. The van der Waals surface area contributed by atoms with Crippen LogP contribution in [0.2, 0.25) is 0 Å². The third-order valence-corrected chi connectivity index (χ3v) is 2.95. The number of hydrogen-bond donors (Lipinski definition) is 0. The monoisotopic (exact) mass is 301 g/mol. The number of carbonyl (C=O) groups is 1. The lowest BCUT2D eigenvalue weighted by Crippen LogP contribution is -2.03. The lowest BCUT2D eigenvalue weighted by Gasteiger charge is -2.02. The van der Waals surface area contributed by atoms with Crippen molar-refractivity contribution in [1.82, 2.24) is 0 Å². The lowest BCUT2D eigenvalue weighted by atomic mass is 10.1. The Morgan fingerprint density at radius 3 is 2.55 bits per heavy atom. The number of esters is 1. The van der Waals surface area contributed by atoms with Gasteiger partial charge in [0.05, 0.1) is 23.2 Å². The summed E-state index contributed by atoms with van der Waals surface area (Å²) in [6.45, 7) is 3.47. The second-order valence-electron chi connectivity index (χ2n) is 4.54. The van der Waals surface area contributed by atoms with Crippen LogP contribution in [0, 0.1) is 10.1 Å². The smallest absolute Gasteiger partial charge is 0.338 e. The molecule has 0 aliphatic rings. The van der Waals surface area contributed by atoms with Gasteiger partial charge in [-0.25, -0.2) is 4.79 Å². The highest BCUT2D eigenvalue weighted by molar-refractivity contribution is 5.89. The molecule has 114 valence electrons. The van der Waals surface area contributed by atoms with Gasteiger partial charge < -0.3 is 9.15 Å². The van der Waals surface area contributed by atoms with E-state index in [4.69, 9.17) is 9.15 Å². The fraction of sp³-hybridized carbons (Fsp3) is 0.188. The minimum absolute atomic E-state index is 0.00133. The van der Waals surface area contributed by atoms with E-state index in [2.05, 4.69) is 0 Å². The largest absolute Gasteiger partial charge is 0.462 e. The number of benzene rings is 1. The summed E-state index contributed by atoms with van der Waals surface area (Å²) in [5.41, 5.74) is 1.23. The van der Waals surface area contributed by atoms with Gasteiger partial charge >= 0.3 is 5.97 Å². The summed E-state index contributed by atoms with van der Waals surface area (Å²) in [5, 5.41) is 10.6. The zero-order chi connectivity index (χ0) is 16.1. The Balaban J connectivity index is 2.19. The van der Waals surface area contributed by atoms with Crippen molar-refractivity contribution in [3.05, 3.63) is 63.5 Å². The van der Waals surface area contributed by atoms with E-state index in [1.165, 1.54) is 13.0 Å². The standard InChI is InChI=1S/C16H15NO5/c1-3-21-16(18)13-6-4-12(5-7-13)15-9-8-14(22-15)10-11(2)17(19)20/h4-10H,3H2,1-2H3/b11-10+. The maximum absolute atomic E-state index is 11.6. The molecular formula is C16H15NO5. The average Bonchev–Trinajstić information content (AvgIpc) is 2.96. The summed E-state index contributed by atoms with van der Waals surface area (Å²) >= 11 is 0. The van der Waals surface area contributed by atoms with Crippen LogP contribution in [-0.4, -0.2) is 17.5 Å². The minimum atomic E-state index is -0.476. The van der Waals surface area contributed by atoms with Crippen LogP contribution < -0.4 is 0 Å². The molecule has 1 heterocycles. The van der Waals surface area contributed by atoms with Crippen LogP contribution in [-0.2, 0) is 4.74 Å². The number of nitrogens with zero attached hydrogens (tertiary/aromatic N) is 1. The first-order valence-corrected chi connectivity index (χ1v) is 6.71. The molecule has 0 aliphatic heterocycles. The van der Waals surface area contributed by atoms with Crippen molar-refractivity contribution < 1.29 is 18.9 Å². The molecule has 6 nitrogen and oxygen atoms in total. The first kappa shape index (κ1) is 15.5. The van der Waals surface area contributed by atoms with E-state index in [1.807, 2.05) is 0 Å². The van der Waals surface area contributed by atoms with Crippen molar-refractivity contribution in [2.45, 2.75) is 13.8 Å². The molecule has 0 saturated carbocycles. The molecule has 0 fully saturated rings. The second kappa shape index (κ2) is 6.71. The number of carbonyl (C=O) groups excluding carboxylic acids is 1. The summed E-state index contributed by atoms with van der Waals surface area (Å²) < 4.78 is 10.5. The molecule has 0 amide bonds. The molecule has 2 aromatic rings. The van der Waals surface area contributed by atoms with Crippen molar-refractivity contribution >= 4 is 12.0 Å². The van der Waals surface area contributed by atoms with Crippen molar-refractivity contribution in [3.63, 3.8) is 0 Å². The van der Waals surface area contributed by atoms with Crippen LogP contribution >= 0.6 is 0 Å². The van der Waals surface area contributed by atoms with Gasteiger partial charge in [-0.2, -0.15) is 0 Å². The molecule has 0 atom stereocenters. The average molecular weight is 301 g/mol. The van der Waals surface area contributed by atoms with Gasteiger partial charge in [-0.15, -0.1) is 0 Å². The van der Waals surface area contributed by atoms with Gasteiger partial charge in [0.15, 0.2) is 0 Å². The third kappa shape index (κ3) is 3.60. The van der Waals surface area contributed by atoms with E-state index in [9.17, 15) is 14.9 Å². The molecule has 1 aromatic carbocycles. The molecule has 0 saturated heterocycles. The van der Waals surface area contributed by atoms with Gasteiger partial charge in [0.1, 0.15) is 11.5 Å². The second-order valence-corrected chi connectivity index (χ2v) is 4.54. The van der Waals surface area contributed by atoms with Gasteiger partial charge in [0, 0.05) is 12.5 Å². The first-order valence-electron chi connectivity index (χ1n) is 6.71. The van der Waals surface area contributed by atoms with E-state index in [0.29, 0.717) is 23.7 Å². The Hall–Kier alpha value is -2.89. The van der Waals surface area contributed by atoms with Gasteiger partial charge in [0.25, 0.3) is 0 Å². The van der Waals surface area contributed by atoms with Gasteiger partial charge in [0.2, 0.25) is 5.70 Å². The topological polar surface area (TPSA) is 82.6 Å². The van der Waals surface area contributed by atoms with E-state index < -0.39 is 4.92 Å². The van der Waals surface area contributed by atoms with E-state index in [0.717, 1.165) is 5.56 Å². The summed E-state index contributed by atoms with van der Waals surface area (Å²) in [4.78, 5) is 21.7. The molecule has 0 N–H and O–H groups in total. The van der Waals surface area contributed by atoms with Gasteiger partial charge in [-0.1, -0.05) is 12.1 Å². The fourth-order valence-corrected chi connectivity index (χ4v) is 1.83. The molecule has 6 heteroatoms. The molecule has 0 radical (unpaired) electrons. The van der Waals surface area contributed by atoms with Crippen LogP contribution in [0.5, 0.6) is 0 Å². The third-order valence-electron chi connectivity index (χ3n) is 2.95. The Morgan fingerprint density at radius 2 is 1.95 bits per heavy atom. The number of allylic oxidation sites excluding steroid dienone is 1. The zero-order valence-electron chi connectivity index (χ0n) is 12.2. The van der Waals surface area contributed by atoms with Crippen molar-refractivity contribution in [2.24, 2.45) is 0 Å². The van der Waals surface area contributed by atoms with Gasteiger partial charge in [-0.05, 0) is 31.2 Å². The molecule has 1 aromatic heterocycles.